The van der Waals surface area contributed by atoms with Crippen LogP contribution in [0.5, 0.6) is 11.5 Å². The average Bonchev–Trinajstić information content (AvgIpc) is 2.61. The van der Waals surface area contributed by atoms with Gasteiger partial charge in [0.15, 0.2) is 12.9 Å². The van der Waals surface area contributed by atoms with Gasteiger partial charge in [-0.25, -0.2) is 4.79 Å². The minimum absolute atomic E-state index is 0.220. The molecule has 3 aromatic rings. The Hall–Kier alpha value is -2.18. The van der Waals surface area contributed by atoms with Crippen LogP contribution >= 0.6 is 31.9 Å². The monoisotopic (exact) mass is 462 g/mol. The summed E-state index contributed by atoms with van der Waals surface area (Å²) in [6, 6.07) is 16.2. The first-order valence-corrected chi connectivity index (χ1v) is 8.92. The molecule has 6 heteroatoms. The largest absolute Gasteiger partial charge is 0.481 e. The first-order chi connectivity index (χ1) is 12.1. The molecule has 0 aromatic heterocycles. The van der Waals surface area contributed by atoms with Crippen molar-refractivity contribution in [2.45, 2.75) is 0 Å². The number of hydrogen-bond acceptors (Lipinski definition) is 4. The molecule has 3 rings (SSSR count). The highest BCUT2D eigenvalue weighted by molar-refractivity contribution is 9.11. The van der Waals surface area contributed by atoms with Crippen molar-refractivity contribution < 1.29 is 19.1 Å². The van der Waals surface area contributed by atoms with E-state index >= 15 is 0 Å². The van der Waals surface area contributed by atoms with Crippen LogP contribution in [0.25, 0.3) is 10.8 Å². The molecule has 0 aliphatic carbocycles. The van der Waals surface area contributed by atoms with Crippen LogP contribution in [0, 0.1) is 0 Å². The summed E-state index contributed by atoms with van der Waals surface area (Å²) in [5.74, 6) is 0.152. The van der Waals surface area contributed by atoms with Gasteiger partial charge in [-0.15, -0.1) is 0 Å². The van der Waals surface area contributed by atoms with Crippen LogP contribution in [-0.4, -0.2) is 18.9 Å². The number of hydrogen-bond donors (Lipinski definition) is 0. The number of carbonyl (C=O) groups is 2. The number of ether oxygens (including phenoxy) is 2. The highest BCUT2D eigenvalue weighted by Gasteiger charge is 2.13. The van der Waals surface area contributed by atoms with Gasteiger partial charge in [0.25, 0.3) is 0 Å². The number of halogens is 2. The minimum atomic E-state index is -0.590. The van der Waals surface area contributed by atoms with Crippen LogP contribution in [0.2, 0.25) is 0 Å². The Morgan fingerprint density at radius 2 is 1.76 bits per heavy atom. The number of fused-ring (bicyclic) bond motifs is 1. The van der Waals surface area contributed by atoms with Gasteiger partial charge in [0.2, 0.25) is 0 Å². The maximum Gasteiger partial charge on any atom is 0.349 e. The second-order valence-corrected chi connectivity index (χ2v) is 6.92. The molecule has 0 fully saturated rings. The van der Waals surface area contributed by atoms with E-state index in [4.69, 9.17) is 9.47 Å². The molecule has 0 saturated heterocycles. The smallest absolute Gasteiger partial charge is 0.349 e. The number of carbonyl (C=O) groups excluding carboxylic acids is 2. The molecular weight excluding hydrogens is 452 g/mol. The lowest BCUT2D eigenvalue weighted by Gasteiger charge is -2.11. The molecule has 0 bridgehead atoms. The summed E-state index contributed by atoms with van der Waals surface area (Å²) in [5, 5.41) is 1.64. The highest BCUT2D eigenvalue weighted by Crippen LogP contribution is 2.29. The lowest BCUT2D eigenvalue weighted by atomic mass is 10.0. The van der Waals surface area contributed by atoms with Crippen molar-refractivity contribution in [3.63, 3.8) is 0 Å². The Morgan fingerprint density at radius 3 is 2.52 bits per heavy atom. The molecule has 0 unspecified atom stereocenters. The van der Waals surface area contributed by atoms with E-state index in [1.54, 1.807) is 24.3 Å². The summed E-state index contributed by atoms with van der Waals surface area (Å²) >= 11 is 6.71. The fourth-order valence-corrected chi connectivity index (χ4v) is 3.53. The third kappa shape index (κ3) is 4.08. The van der Waals surface area contributed by atoms with Gasteiger partial charge in [0, 0.05) is 4.47 Å². The van der Waals surface area contributed by atoms with Crippen LogP contribution in [0.3, 0.4) is 0 Å². The zero-order valence-corrected chi connectivity index (χ0v) is 16.0. The van der Waals surface area contributed by atoms with E-state index in [2.05, 4.69) is 31.9 Å². The van der Waals surface area contributed by atoms with E-state index < -0.39 is 5.97 Å². The quantitative estimate of drug-likeness (QED) is 0.298. The minimum Gasteiger partial charge on any atom is -0.481 e. The summed E-state index contributed by atoms with van der Waals surface area (Å²) in [4.78, 5) is 23.5. The highest BCUT2D eigenvalue weighted by atomic mass is 79.9. The van der Waals surface area contributed by atoms with E-state index in [0.29, 0.717) is 22.1 Å². The van der Waals surface area contributed by atoms with Crippen molar-refractivity contribution in [1.82, 2.24) is 0 Å². The van der Waals surface area contributed by atoms with Crippen LogP contribution < -0.4 is 9.47 Å². The standard InChI is InChI=1S/C19H12Br2O4/c20-13-6-8-18(16(21)9-13)24-11-19(23)25-17-7-5-12-3-1-2-4-14(12)15(17)10-22/h1-10H,11H2. The zero-order chi connectivity index (χ0) is 17.8. The molecule has 25 heavy (non-hydrogen) atoms. The lowest BCUT2D eigenvalue weighted by molar-refractivity contribution is -0.136. The zero-order valence-electron chi connectivity index (χ0n) is 12.9. The van der Waals surface area contributed by atoms with Crippen molar-refractivity contribution in [3.8, 4) is 11.5 Å². The van der Waals surface area contributed by atoms with Gasteiger partial charge in [-0.05, 0) is 51.0 Å². The number of rotatable bonds is 5. The van der Waals surface area contributed by atoms with Gasteiger partial charge in [0.05, 0.1) is 10.0 Å². The van der Waals surface area contributed by atoms with Gasteiger partial charge < -0.3 is 9.47 Å². The topological polar surface area (TPSA) is 52.6 Å². The third-order valence-corrected chi connectivity index (χ3v) is 4.62. The van der Waals surface area contributed by atoms with Crippen LogP contribution in [0.15, 0.2) is 63.5 Å². The molecule has 0 heterocycles. The van der Waals surface area contributed by atoms with E-state index in [-0.39, 0.29) is 12.4 Å². The molecule has 0 radical (unpaired) electrons. The van der Waals surface area contributed by atoms with Crippen molar-refractivity contribution in [2.75, 3.05) is 6.61 Å². The molecule has 0 amide bonds. The van der Waals surface area contributed by atoms with Gasteiger partial charge in [-0.2, -0.15) is 0 Å². The normalized spacial score (nSPS) is 10.5. The molecule has 0 N–H and O–H groups in total. The van der Waals surface area contributed by atoms with Gasteiger partial charge >= 0.3 is 5.97 Å². The van der Waals surface area contributed by atoms with Crippen molar-refractivity contribution in [1.29, 1.82) is 0 Å². The molecule has 4 nitrogen and oxygen atoms in total. The second-order valence-electron chi connectivity index (χ2n) is 5.15. The summed E-state index contributed by atoms with van der Waals surface area (Å²) in [6.07, 6.45) is 0.692. The van der Waals surface area contributed by atoms with Crippen molar-refractivity contribution in [2.24, 2.45) is 0 Å². The molecule has 0 aliphatic rings. The second kappa shape index (κ2) is 7.80. The van der Waals surface area contributed by atoms with Crippen LogP contribution in [-0.2, 0) is 4.79 Å². The first kappa shape index (κ1) is 17.6. The van der Waals surface area contributed by atoms with Gasteiger partial charge in [0.1, 0.15) is 11.5 Å². The van der Waals surface area contributed by atoms with Crippen molar-refractivity contribution >= 4 is 54.9 Å². The SMILES string of the molecule is O=Cc1c(OC(=O)COc2ccc(Br)cc2Br)ccc2ccccc12. The summed E-state index contributed by atoms with van der Waals surface area (Å²) in [5.41, 5.74) is 0.344. The fraction of sp³-hybridized carbons (Fsp3) is 0.0526. The summed E-state index contributed by atoms with van der Waals surface area (Å²) < 4.78 is 12.4. The maximum atomic E-state index is 12.1. The van der Waals surface area contributed by atoms with Gasteiger partial charge in [-0.1, -0.05) is 46.3 Å². The Labute approximate surface area is 161 Å². The average molecular weight is 464 g/mol. The molecule has 0 aliphatic heterocycles. The molecule has 0 saturated carbocycles. The number of esters is 1. The Bertz CT molecular complexity index is 953. The lowest BCUT2D eigenvalue weighted by Crippen LogP contribution is -2.18. The van der Waals surface area contributed by atoms with E-state index in [1.165, 1.54) is 0 Å². The third-order valence-electron chi connectivity index (χ3n) is 3.51. The maximum absolute atomic E-state index is 12.1. The van der Waals surface area contributed by atoms with Crippen molar-refractivity contribution in [3.05, 3.63) is 69.1 Å². The predicted octanol–water partition coefficient (Wildman–Crippen LogP) is 5.16. The number of benzene rings is 3. The Morgan fingerprint density at radius 1 is 1.00 bits per heavy atom. The molecule has 0 atom stereocenters. The Balaban J connectivity index is 1.74. The van der Waals surface area contributed by atoms with E-state index in [1.807, 2.05) is 30.3 Å². The summed E-state index contributed by atoms with van der Waals surface area (Å²) in [6.45, 7) is -0.272. The molecular formula is C19H12Br2O4. The van der Waals surface area contributed by atoms with Crippen LogP contribution in [0.1, 0.15) is 10.4 Å². The number of aldehydes is 1. The summed E-state index contributed by atoms with van der Waals surface area (Å²) in [7, 11) is 0. The van der Waals surface area contributed by atoms with E-state index in [0.717, 1.165) is 15.2 Å². The molecule has 3 aromatic carbocycles. The van der Waals surface area contributed by atoms with Crippen LogP contribution in [0.4, 0.5) is 0 Å². The first-order valence-electron chi connectivity index (χ1n) is 7.34. The Kier molecular flexibility index (Phi) is 5.50. The van der Waals surface area contributed by atoms with Gasteiger partial charge in [-0.3, -0.25) is 4.79 Å². The molecule has 126 valence electrons. The fourth-order valence-electron chi connectivity index (χ4n) is 2.37. The predicted molar refractivity (Wildman–Crippen MR) is 102 cm³/mol. The van der Waals surface area contributed by atoms with E-state index in [9.17, 15) is 9.59 Å². The molecule has 0 spiro atoms.